The lowest BCUT2D eigenvalue weighted by Gasteiger charge is -2.27. The van der Waals surface area contributed by atoms with Gasteiger partial charge in [0.25, 0.3) is 0 Å². The van der Waals surface area contributed by atoms with Gasteiger partial charge in [-0.05, 0) is 71.8 Å². The number of aromatic carboxylic acids is 1. The third kappa shape index (κ3) is 4.34. The third-order valence-electron chi connectivity index (χ3n) is 6.24. The van der Waals surface area contributed by atoms with Gasteiger partial charge in [0, 0.05) is 22.1 Å². The molecule has 0 aliphatic carbocycles. The molecule has 0 atom stereocenters. The lowest BCUT2D eigenvalue weighted by molar-refractivity contribution is 0.0697. The van der Waals surface area contributed by atoms with E-state index in [0.717, 1.165) is 50.5 Å². The first-order chi connectivity index (χ1) is 17.6. The maximum absolute atomic E-state index is 11.2. The van der Waals surface area contributed by atoms with Crippen LogP contribution in [0.1, 0.15) is 10.4 Å². The van der Waals surface area contributed by atoms with Crippen LogP contribution < -0.4 is 14.4 Å². The van der Waals surface area contributed by atoms with Crippen LogP contribution in [0.25, 0.3) is 21.9 Å². The molecular weight excluding hydrogens is 450 g/mol. The molecule has 0 aliphatic rings. The normalized spacial score (nSPS) is 10.7. The summed E-state index contributed by atoms with van der Waals surface area (Å²) < 4.78 is 11.0. The van der Waals surface area contributed by atoms with Gasteiger partial charge < -0.3 is 19.5 Å². The van der Waals surface area contributed by atoms with Crippen molar-refractivity contribution < 1.29 is 19.4 Å². The molecule has 0 aromatic heterocycles. The molecule has 0 fully saturated rings. The van der Waals surface area contributed by atoms with Crippen molar-refractivity contribution in [1.82, 2.24) is 0 Å². The molecule has 0 unspecified atom stereocenters. The zero-order valence-corrected chi connectivity index (χ0v) is 20.0. The number of benzene rings is 5. The van der Waals surface area contributed by atoms with E-state index < -0.39 is 5.97 Å². The molecule has 178 valence electrons. The average molecular weight is 476 g/mol. The van der Waals surface area contributed by atoms with Crippen LogP contribution in [0.15, 0.2) is 109 Å². The third-order valence-corrected chi connectivity index (χ3v) is 6.24. The van der Waals surface area contributed by atoms with Crippen molar-refractivity contribution in [1.29, 1.82) is 0 Å². The molecule has 5 heteroatoms. The Balaban J connectivity index is 1.62. The van der Waals surface area contributed by atoms with Crippen molar-refractivity contribution in [3.63, 3.8) is 0 Å². The molecule has 0 heterocycles. The minimum atomic E-state index is -0.932. The fraction of sp³-hybridized carbons (Fsp3) is 0.0645. The average Bonchev–Trinajstić information content (AvgIpc) is 2.94. The van der Waals surface area contributed by atoms with Crippen molar-refractivity contribution in [2.24, 2.45) is 0 Å². The number of carboxylic acids is 1. The van der Waals surface area contributed by atoms with Gasteiger partial charge in [-0.1, -0.05) is 48.5 Å². The van der Waals surface area contributed by atoms with E-state index in [9.17, 15) is 9.90 Å². The van der Waals surface area contributed by atoms with Crippen LogP contribution in [-0.2, 0) is 0 Å². The SMILES string of the molecule is COc1ccc(N(c2ccc(-c3ccc(C(=O)O)cc3)cc2)c2cccc3c(OC)cccc23)cc1. The van der Waals surface area contributed by atoms with Crippen molar-refractivity contribution >= 4 is 33.8 Å². The minimum Gasteiger partial charge on any atom is -0.497 e. The molecular formula is C31H25NO4. The van der Waals surface area contributed by atoms with E-state index in [1.165, 1.54) is 0 Å². The Hall–Kier alpha value is -4.77. The van der Waals surface area contributed by atoms with Crippen LogP contribution in [0.2, 0.25) is 0 Å². The van der Waals surface area contributed by atoms with E-state index in [4.69, 9.17) is 9.47 Å². The fourth-order valence-electron chi connectivity index (χ4n) is 4.40. The monoisotopic (exact) mass is 475 g/mol. The number of fused-ring (bicyclic) bond motifs is 1. The number of nitrogens with zero attached hydrogens (tertiary/aromatic N) is 1. The topological polar surface area (TPSA) is 59.0 Å². The largest absolute Gasteiger partial charge is 0.497 e. The van der Waals surface area contributed by atoms with Crippen LogP contribution in [0.4, 0.5) is 17.1 Å². The molecule has 0 spiro atoms. The summed E-state index contributed by atoms with van der Waals surface area (Å²) >= 11 is 0. The number of carboxylic acid groups (broad SMARTS) is 1. The number of hydrogen-bond acceptors (Lipinski definition) is 4. The number of anilines is 3. The summed E-state index contributed by atoms with van der Waals surface area (Å²) in [5.41, 5.74) is 5.23. The summed E-state index contributed by atoms with van der Waals surface area (Å²) in [6.07, 6.45) is 0. The maximum Gasteiger partial charge on any atom is 0.335 e. The second-order valence-electron chi connectivity index (χ2n) is 8.30. The molecule has 1 N–H and O–H groups in total. The predicted octanol–water partition coefficient (Wildman–Crippen LogP) is 7.69. The molecule has 0 radical (unpaired) electrons. The van der Waals surface area contributed by atoms with Crippen LogP contribution in [0.3, 0.4) is 0 Å². The molecule has 36 heavy (non-hydrogen) atoms. The first-order valence-corrected chi connectivity index (χ1v) is 11.5. The Morgan fingerprint density at radius 1 is 0.639 bits per heavy atom. The second-order valence-corrected chi connectivity index (χ2v) is 8.30. The van der Waals surface area contributed by atoms with Crippen LogP contribution in [0, 0.1) is 0 Å². The first-order valence-electron chi connectivity index (χ1n) is 11.5. The van der Waals surface area contributed by atoms with Gasteiger partial charge in [0.2, 0.25) is 0 Å². The summed E-state index contributed by atoms with van der Waals surface area (Å²) in [5, 5.41) is 11.3. The van der Waals surface area contributed by atoms with Gasteiger partial charge in [-0.25, -0.2) is 4.79 Å². The second kappa shape index (κ2) is 9.84. The summed E-state index contributed by atoms with van der Waals surface area (Å²) in [7, 11) is 3.34. The molecule has 0 aliphatic heterocycles. The highest BCUT2D eigenvalue weighted by atomic mass is 16.5. The van der Waals surface area contributed by atoms with Crippen molar-refractivity contribution in [3.05, 3.63) is 115 Å². The zero-order valence-electron chi connectivity index (χ0n) is 20.0. The van der Waals surface area contributed by atoms with Gasteiger partial charge in [-0.2, -0.15) is 0 Å². The van der Waals surface area contributed by atoms with Gasteiger partial charge >= 0.3 is 5.97 Å². The Morgan fingerprint density at radius 2 is 1.19 bits per heavy atom. The standard InChI is InChI=1S/C31H25NO4/c1-35-26-19-17-25(18-20-26)32(29-7-3-6-28-27(29)5-4-8-30(28)36-2)24-15-13-22(14-16-24)21-9-11-23(12-10-21)31(33)34/h3-20H,1-2H3,(H,33,34). The highest BCUT2D eigenvalue weighted by molar-refractivity contribution is 6.01. The summed E-state index contributed by atoms with van der Waals surface area (Å²) in [6, 6.07) is 35.4. The lowest BCUT2D eigenvalue weighted by atomic mass is 10.0. The Morgan fingerprint density at radius 3 is 1.78 bits per heavy atom. The molecule has 0 saturated heterocycles. The van der Waals surface area contributed by atoms with Crippen LogP contribution in [0.5, 0.6) is 11.5 Å². The predicted molar refractivity (Wildman–Crippen MR) is 144 cm³/mol. The lowest BCUT2D eigenvalue weighted by Crippen LogP contribution is -2.10. The van der Waals surface area contributed by atoms with Crippen LogP contribution >= 0.6 is 0 Å². The smallest absolute Gasteiger partial charge is 0.335 e. The van der Waals surface area contributed by atoms with Crippen molar-refractivity contribution in [2.45, 2.75) is 0 Å². The Kier molecular flexibility index (Phi) is 6.29. The Labute approximate surface area is 209 Å². The molecule has 0 saturated carbocycles. The number of methoxy groups -OCH3 is 2. The quantitative estimate of drug-likeness (QED) is 0.261. The molecule has 0 bridgehead atoms. The van der Waals surface area contributed by atoms with Gasteiger partial charge in [0.15, 0.2) is 0 Å². The maximum atomic E-state index is 11.2. The summed E-state index contributed by atoms with van der Waals surface area (Å²) in [4.78, 5) is 13.4. The molecule has 5 aromatic rings. The van der Waals surface area contributed by atoms with Gasteiger partial charge in [-0.3, -0.25) is 0 Å². The highest BCUT2D eigenvalue weighted by Crippen LogP contribution is 2.41. The van der Waals surface area contributed by atoms with E-state index >= 15 is 0 Å². The Bertz CT molecular complexity index is 1510. The van der Waals surface area contributed by atoms with E-state index in [1.807, 2.05) is 66.7 Å². The van der Waals surface area contributed by atoms with E-state index in [2.05, 4.69) is 35.2 Å². The summed E-state index contributed by atoms with van der Waals surface area (Å²) in [6.45, 7) is 0. The van der Waals surface area contributed by atoms with E-state index in [1.54, 1.807) is 26.4 Å². The van der Waals surface area contributed by atoms with E-state index in [0.29, 0.717) is 0 Å². The number of carbonyl (C=O) groups is 1. The van der Waals surface area contributed by atoms with Gasteiger partial charge in [0.1, 0.15) is 11.5 Å². The van der Waals surface area contributed by atoms with Crippen molar-refractivity contribution in [2.75, 3.05) is 19.1 Å². The zero-order chi connectivity index (χ0) is 25.1. The first kappa shape index (κ1) is 23.0. The number of ether oxygens (including phenoxy) is 2. The van der Waals surface area contributed by atoms with Gasteiger partial charge in [0.05, 0.1) is 25.5 Å². The number of rotatable bonds is 7. The molecule has 5 aromatic carbocycles. The summed E-state index contributed by atoms with van der Waals surface area (Å²) in [5.74, 6) is 0.682. The van der Waals surface area contributed by atoms with Gasteiger partial charge in [-0.15, -0.1) is 0 Å². The molecule has 5 nitrogen and oxygen atoms in total. The highest BCUT2D eigenvalue weighted by Gasteiger charge is 2.17. The van der Waals surface area contributed by atoms with Crippen LogP contribution in [-0.4, -0.2) is 25.3 Å². The minimum absolute atomic E-state index is 0.271. The molecule has 0 amide bonds. The fourth-order valence-corrected chi connectivity index (χ4v) is 4.40. The number of hydrogen-bond donors (Lipinski definition) is 1. The van der Waals surface area contributed by atoms with Crippen molar-refractivity contribution in [3.8, 4) is 22.6 Å². The molecule has 5 rings (SSSR count). The van der Waals surface area contributed by atoms with E-state index in [-0.39, 0.29) is 5.56 Å².